The highest BCUT2D eigenvalue weighted by Gasteiger charge is 2.38. The van der Waals surface area contributed by atoms with Gasteiger partial charge in [0.1, 0.15) is 12.1 Å². The molecule has 1 aromatic rings. The number of hydrogen-bond acceptors (Lipinski definition) is 4. The molecule has 0 atom stereocenters. The molecule has 1 saturated carbocycles. The number of carbonyl (C=O) groups is 1. The van der Waals surface area contributed by atoms with Gasteiger partial charge in [-0.15, -0.1) is 0 Å². The van der Waals surface area contributed by atoms with E-state index in [1.54, 1.807) is 11.2 Å². The van der Waals surface area contributed by atoms with Gasteiger partial charge in [-0.1, -0.05) is 0 Å². The average molecular weight is 350 g/mol. The van der Waals surface area contributed by atoms with Crippen molar-refractivity contribution in [1.29, 1.82) is 0 Å². The Morgan fingerprint density at radius 2 is 1.72 bits per heavy atom. The van der Waals surface area contributed by atoms with Crippen molar-refractivity contribution < 1.29 is 13.6 Å². The summed E-state index contributed by atoms with van der Waals surface area (Å²) < 4.78 is 26.5. The van der Waals surface area contributed by atoms with Crippen LogP contribution in [0.25, 0.3) is 0 Å². The minimum atomic E-state index is -2.60. The van der Waals surface area contributed by atoms with E-state index in [0.29, 0.717) is 5.92 Å². The van der Waals surface area contributed by atoms with Crippen molar-refractivity contribution in [1.82, 2.24) is 14.9 Å². The fourth-order valence-electron chi connectivity index (χ4n) is 3.80. The van der Waals surface area contributed by atoms with Gasteiger partial charge >= 0.3 is 0 Å². The molecule has 1 amide bonds. The summed E-state index contributed by atoms with van der Waals surface area (Å²) in [7, 11) is 0. The molecule has 7 heteroatoms. The maximum atomic E-state index is 13.3. The fraction of sp³-hybridized carbons (Fsp3) is 0.722. The van der Waals surface area contributed by atoms with E-state index in [1.807, 2.05) is 0 Å². The first kappa shape index (κ1) is 16.7. The molecule has 25 heavy (non-hydrogen) atoms. The van der Waals surface area contributed by atoms with Crippen molar-refractivity contribution in [2.75, 3.05) is 31.1 Å². The Morgan fingerprint density at radius 3 is 2.36 bits per heavy atom. The summed E-state index contributed by atoms with van der Waals surface area (Å²) in [5.41, 5.74) is 1.12. The van der Waals surface area contributed by atoms with E-state index in [0.717, 1.165) is 37.4 Å². The third kappa shape index (κ3) is 3.75. The standard InChI is InChI=1S/C18H24F2N4O/c19-18(20)5-9-24(10-6-18)17(25)14-3-7-23(8-4-14)16-11-15(13-1-2-13)21-12-22-16/h11-14H,1-10H2. The number of likely N-dealkylation sites (tertiary alicyclic amines) is 1. The monoisotopic (exact) mass is 350 g/mol. The molecule has 0 N–H and O–H groups in total. The number of piperidine rings is 2. The number of nitrogens with zero attached hydrogens (tertiary/aromatic N) is 4. The first-order chi connectivity index (χ1) is 12.0. The summed E-state index contributed by atoms with van der Waals surface area (Å²) in [5.74, 6) is -1.06. The predicted octanol–water partition coefficient (Wildman–Crippen LogP) is 2.83. The fourth-order valence-corrected chi connectivity index (χ4v) is 3.80. The van der Waals surface area contributed by atoms with Crippen LogP contribution in [0.15, 0.2) is 12.4 Å². The van der Waals surface area contributed by atoms with Crippen molar-refractivity contribution in [2.45, 2.75) is 50.4 Å². The van der Waals surface area contributed by atoms with Crippen LogP contribution >= 0.6 is 0 Å². The van der Waals surface area contributed by atoms with Crippen LogP contribution in [0.5, 0.6) is 0 Å². The molecule has 5 nitrogen and oxygen atoms in total. The van der Waals surface area contributed by atoms with E-state index in [2.05, 4.69) is 20.9 Å². The van der Waals surface area contributed by atoms with E-state index in [9.17, 15) is 13.6 Å². The van der Waals surface area contributed by atoms with Crippen molar-refractivity contribution in [3.05, 3.63) is 18.1 Å². The molecular formula is C18H24F2N4O. The molecule has 136 valence electrons. The second-order valence-electron chi connectivity index (χ2n) is 7.52. The van der Waals surface area contributed by atoms with Gasteiger partial charge in [-0.25, -0.2) is 18.7 Å². The van der Waals surface area contributed by atoms with Crippen LogP contribution in [0.2, 0.25) is 0 Å². The van der Waals surface area contributed by atoms with Crippen molar-refractivity contribution in [3.63, 3.8) is 0 Å². The number of hydrogen-bond donors (Lipinski definition) is 0. The second-order valence-corrected chi connectivity index (χ2v) is 7.52. The van der Waals surface area contributed by atoms with E-state index in [4.69, 9.17) is 0 Å². The molecule has 2 saturated heterocycles. The van der Waals surface area contributed by atoms with Gasteiger partial charge in [-0.3, -0.25) is 4.79 Å². The SMILES string of the molecule is O=C(C1CCN(c2cc(C3CC3)ncn2)CC1)N1CCC(F)(F)CC1. The number of carbonyl (C=O) groups excluding carboxylic acids is 1. The van der Waals surface area contributed by atoms with Crippen molar-refractivity contribution in [2.24, 2.45) is 5.92 Å². The molecule has 3 aliphatic rings. The first-order valence-corrected chi connectivity index (χ1v) is 9.25. The highest BCUT2D eigenvalue weighted by Crippen LogP contribution is 2.39. The lowest BCUT2D eigenvalue weighted by Gasteiger charge is -2.37. The van der Waals surface area contributed by atoms with Gasteiger partial charge in [-0.2, -0.15) is 0 Å². The lowest BCUT2D eigenvalue weighted by atomic mass is 9.94. The smallest absolute Gasteiger partial charge is 0.251 e. The van der Waals surface area contributed by atoms with Gasteiger partial charge < -0.3 is 9.80 Å². The molecule has 3 heterocycles. The first-order valence-electron chi connectivity index (χ1n) is 9.25. The zero-order chi connectivity index (χ0) is 17.4. The van der Waals surface area contributed by atoms with E-state index in [1.165, 1.54) is 12.8 Å². The third-order valence-electron chi connectivity index (χ3n) is 5.64. The highest BCUT2D eigenvalue weighted by atomic mass is 19.3. The van der Waals surface area contributed by atoms with E-state index < -0.39 is 5.92 Å². The van der Waals surface area contributed by atoms with Gasteiger partial charge in [0.2, 0.25) is 5.91 Å². The molecule has 4 rings (SSSR count). The molecule has 1 aromatic heterocycles. The molecule has 0 aromatic carbocycles. The maximum Gasteiger partial charge on any atom is 0.251 e. The summed E-state index contributed by atoms with van der Waals surface area (Å²) >= 11 is 0. The molecule has 2 aliphatic heterocycles. The topological polar surface area (TPSA) is 49.3 Å². The van der Waals surface area contributed by atoms with Gasteiger partial charge in [-0.05, 0) is 25.7 Å². The molecule has 1 aliphatic carbocycles. The number of rotatable bonds is 3. The molecule has 0 spiro atoms. The van der Waals surface area contributed by atoms with Gasteiger partial charge in [0, 0.05) is 62.6 Å². The number of aromatic nitrogens is 2. The number of amides is 1. The van der Waals surface area contributed by atoms with Crippen LogP contribution in [0, 0.1) is 5.92 Å². The lowest BCUT2D eigenvalue weighted by molar-refractivity contribution is -0.142. The third-order valence-corrected chi connectivity index (χ3v) is 5.64. The molecule has 0 bridgehead atoms. The lowest BCUT2D eigenvalue weighted by Crippen LogP contribution is -2.47. The predicted molar refractivity (Wildman–Crippen MR) is 89.7 cm³/mol. The van der Waals surface area contributed by atoms with Gasteiger partial charge in [0.25, 0.3) is 5.92 Å². The summed E-state index contributed by atoms with van der Waals surface area (Å²) in [4.78, 5) is 25.2. The largest absolute Gasteiger partial charge is 0.356 e. The Bertz CT molecular complexity index is 632. The quantitative estimate of drug-likeness (QED) is 0.841. The zero-order valence-electron chi connectivity index (χ0n) is 14.3. The van der Waals surface area contributed by atoms with Crippen molar-refractivity contribution in [3.8, 4) is 0 Å². The summed E-state index contributed by atoms with van der Waals surface area (Å²) in [6, 6.07) is 2.08. The van der Waals surface area contributed by atoms with Gasteiger partial charge in [0.15, 0.2) is 0 Å². The van der Waals surface area contributed by atoms with Crippen LogP contribution < -0.4 is 4.90 Å². The molecular weight excluding hydrogens is 326 g/mol. The Kier molecular flexibility index (Phi) is 4.33. The Labute approximate surface area is 146 Å². The summed E-state index contributed by atoms with van der Waals surface area (Å²) in [6.07, 6.45) is 5.16. The van der Waals surface area contributed by atoms with Crippen LogP contribution in [0.1, 0.15) is 50.1 Å². The maximum absolute atomic E-state index is 13.3. The summed E-state index contributed by atoms with van der Waals surface area (Å²) in [6.45, 7) is 1.93. The molecule has 0 unspecified atom stereocenters. The average Bonchev–Trinajstić information content (AvgIpc) is 3.47. The minimum Gasteiger partial charge on any atom is -0.356 e. The number of halogens is 2. The Hall–Kier alpha value is -1.79. The molecule has 3 fully saturated rings. The van der Waals surface area contributed by atoms with Crippen molar-refractivity contribution >= 4 is 11.7 Å². The Balaban J connectivity index is 1.32. The van der Waals surface area contributed by atoms with Gasteiger partial charge in [0.05, 0.1) is 0 Å². The summed E-state index contributed by atoms with van der Waals surface area (Å²) in [5, 5.41) is 0. The van der Waals surface area contributed by atoms with Crippen LogP contribution in [0.3, 0.4) is 0 Å². The minimum absolute atomic E-state index is 0.0484. The Morgan fingerprint density at radius 1 is 1.04 bits per heavy atom. The van der Waals surface area contributed by atoms with Crippen LogP contribution in [-0.2, 0) is 4.79 Å². The van der Waals surface area contributed by atoms with E-state index >= 15 is 0 Å². The number of anilines is 1. The number of alkyl halides is 2. The highest BCUT2D eigenvalue weighted by molar-refractivity contribution is 5.79. The van der Waals surface area contributed by atoms with E-state index in [-0.39, 0.29) is 37.8 Å². The zero-order valence-corrected chi connectivity index (χ0v) is 14.3. The van der Waals surface area contributed by atoms with Crippen LogP contribution in [0.4, 0.5) is 14.6 Å². The normalized spacial score (nSPS) is 24.4. The second kappa shape index (κ2) is 6.50. The van der Waals surface area contributed by atoms with Crippen LogP contribution in [-0.4, -0.2) is 52.9 Å². The molecule has 0 radical (unpaired) electrons.